The Morgan fingerprint density at radius 2 is 0.857 bits per heavy atom. The molecule has 0 spiro atoms. The first kappa shape index (κ1) is 19.0. The second-order valence-corrected chi connectivity index (χ2v) is 8.05. The molecular weight excluding hydrogens is 252 g/mol. The fourth-order valence-electron chi connectivity index (χ4n) is 4.03. The Morgan fingerprint density at radius 1 is 0.524 bits per heavy atom. The minimum Gasteiger partial charge on any atom is -0.0651 e. The minimum atomic E-state index is 1.03. The van der Waals surface area contributed by atoms with Crippen molar-refractivity contribution >= 4 is 0 Å². The third-order valence-corrected chi connectivity index (χ3v) is 5.84. The van der Waals surface area contributed by atoms with Crippen molar-refractivity contribution in [2.45, 2.75) is 117 Å². The van der Waals surface area contributed by atoms with E-state index in [0.717, 1.165) is 17.8 Å². The van der Waals surface area contributed by atoms with Gasteiger partial charge in [0.05, 0.1) is 0 Å². The van der Waals surface area contributed by atoms with Crippen LogP contribution in [0.1, 0.15) is 117 Å². The highest BCUT2D eigenvalue weighted by atomic mass is 14.2. The molecule has 3 saturated carbocycles. The van der Waals surface area contributed by atoms with Gasteiger partial charge in [0.15, 0.2) is 0 Å². The van der Waals surface area contributed by atoms with E-state index in [4.69, 9.17) is 0 Å². The van der Waals surface area contributed by atoms with Crippen molar-refractivity contribution in [3.63, 3.8) is 0 Å². The van der Waals surface area contributed by atoms with Crippen LogP contribution < -0.4 is 0 Å². The van der Waals surface area contributed by atoms with E-state index in [9.17, 15) is 0 Å². The average Bonchev–Trinajstić information content (AvgIpc) is 3.12. The van der Waals surface area contributed by atoms with Crippen molar-refractivity contribution in [1.29, 1.82) is 0 Å². The van der Waals surface area contributed by atoms with Gasteiger partial charge < -0.3 is 0 Å². The molecule has 3 fully saturated rings. The molecule has 3 aliphatic rings. The lowest BCUT2D eigenvalue weighted by Gasteiger charge is -2.02. The van der Waals surface area contributed by atoms with Crippen molar-refractivity contribution in [2.24, 2.45) is 17.8 Å². The van der Waals surface area contributed by atoms with Gasteiger partial charge in [-0.2, -0.15) is 0 Å². The first-order valence-corrected chi connectivity index (χ1v) is 10.2. The lowest BCUT2D eigenvalue weighted by Crippen LogP contribution is -1.88. The van der Waals surface area contributed by atoms with Gasteiger partial charge in [-0.25, -0.2) is 0 Å². The zero-order chi connectivity index (χ0) is 15.3. The van der Waals surface area contributed by atoms with E-state index >= 15 is 0 Å². The van der Waals surface area contributed by atoms with E-state index in [2.05, 4.69) is 20.8 Å². The zero-order valence-corrected chi connectivity index (χ0v) is 15.3. The number of hydrogen-bond donors (Lipinski definition) is 0. The highest BCUT2D eigenvalue weighted by molar-refractivity contribution is 4.64. The summed E-state index contributed by atoms with van der Waals surface area (Å²) in [6.45, 7) is 7.02. The summed E-state index contributed by atoms with van der Waals surface area (Å²) in [6, 6.07) is 0. The summed E-state index contributed by atoms with van der Waals surface area (Å²) < 4.78 is 0. The van der Waals surface area contributed by atoms with Gasteiger partial charge in [-0.3, -0.25) is 0 Å². The molecule has 0 aromatic carbocycles. The van der Waals surface area contributed by atoms with Crippen LogP contribution in [0, 0.1) is 17.8 Å². The molecule has 0 aromatic heterocycles. The summed E-state index contributed by atoms with van der Waals surface area (Å²) in [7, 11) is 0. The van der Waals surface area contributed by atoms with Crippen LogP contribution in [0.2, 0.25) is 0 Å². The molecule has 21 heavy (non-hydrogen) atoms. The maximum Gasteiger partial charge on any atom is -0.0417 e. The van der Waals surface area contributed by atoms with Crippen LogP contribution in [0.25, 0.3) is 0 Å². The smallest absolute Gasteiger partial charge is 0.0417 e. The summed E-state index contributed by atoms with van der Waals surface area (Å²) in [5.41, 5.74) is 0. The molecule has 0 N–H and O–H groups in total. The molecule has 0 heterocycles. The van der Waals surface area contributed by atoms with Crippen LogP contribution in [0.15, 0.2) is 0 Å². The molecule has 0 unspecified atom stereocenters. The maximum atomic E-state index is 2.38. The van der Waals surface area contributed by atoms with Crippen molar-refractivity contribution in [2.75, 3.05) is 0 Å². The molecule has 126 valence electrons. The fraction of sp³-hybridized carbons (Fsp3) is 1.00. The average molecular weight is 295 g/mol. The summed E-state index contributed by atoms with van der Waals surface area (Å²) in [5.74, 6) is 3.17. The van der Waals surface area contributed by atoms with Crippen molar-refractivity contribution in [1.82, 2.24) is 0 Å². The van der Waals surface area contributed by atoms with Crippen LogP contribution in [-0.2, 0) is 0 Å². The summed E-state index contributed by atoms with van der Waals surface area (Å²) in [5, 5.41) is 0. The summed E-state index contributed by atoms with van der Waals surface area (Å²) >= 11 is 0. The van der Waals surface area contributed by atoms with Crippen LogP contribution in [0.3, 0.4) is 0 Å². The SMILES string of the molecule is CC1CCCC1.CC1CCCCCC1.CCC1CCCC1. The fourth-order valence-corrected chi connectivity index (χ4v) is 4.03. The third kappa shape index (κ3) is 10.4. The van der Waals surface area contributed by atoms with Crippen molar-refractivity contribution < 1.29 is 0 Å². The highest BCUT2D eigenvalue weighted by Crippen LogP contribution is 2.26. The molecule has 0 bridgehead atoms. The van der Waals surface area contributed by atoms with Crippen molar-refractivity contribution in [3.8, 4) is 0 Å². The predicted molar refractivity (Wildman–Crippen MR) is 96.7 cm³/mol. The Balaban J connectivity index is 0.000000159. The van der Waals surface area contributed by atoms with Crippen LogP contribution in [0.4, 0.5) is 0 Å². The molecule has 0 amide bonds. The van der Waals surface area contributed by atoms with Gasteiger partial charge >= 0.3 is 0 Å². The predicted octanol–water partition coefficient (Wildman–Crippen LogP) is 7.76. The quantitative estimate of drug-likeness (QED) is 0.433. The lowest BCUT2D eigenvalue weighted by atomic mass is 10.0. The first-order valence-electron chi connectivity index (χ1n) is 10.2. The molecule has 0 aromatic rings. The third-order valence-electron chi connectivity index (χ3n) is 5.84. The van der Waals surface area contributed by atoms with Crippen LogP contribution in [0.5, 0.6) is 0 Å². The van der Waals surface area contributed by atoms with E-state index < -0.39 is 0 Å². The molecule has 0 nitrogen and oxygen atoms in total. The van der Waals surface area contributed by atoms with Gasteiger partial charge in [0.25, 0.3) is 0 Å². The second kappa shape index (κ2) is 12.5. The molecule has 0 aliphatic heterocycles. The standard InChI is InChI=1S/C8H16.C7H14.C6H12/c1-8-6-4-2-3-5-7-8;1-2-7-5-3-4-6-7;1-6-4-2-3-5-6/h8H,2-7H2,1H3;7H,2-6H2,1H3;6H,2-5H2,1H3. The largest absolute Gasteiger partial charge is 0.0651 e. The first-order chi connectivity index (χ1) is 10.2. The molecule has 0 saturated heterocycles. The van der Waals surface area contributed by atoms with E-state index in [-0.39, 0.29) is 0 Å². The van der Waals surface area contributed by atoms with Crippen molar-refractivity contribution in [3.05, 3.63) is 0 Å². The van der Waals surface area contributed by atoms with Gasteiger partial charge in [0, 0.05) is 0 Å². The molecule has 0 radical (unpaired) electrons. The lowest BCUT2D eigenvalue weighted by molar-refractivity contribution is 0.505. The van der Waals surface area contributed by atoms with E-state index in [0.29, 0.717) is 0 Å². The molecular formula is C21H42. The Kier molecular flexibility index (Phi) is 11.4. The van der Waals surface area contributed by atoms with Gasteiger partial charge in [0.1, 0.15) is 0 Å². The van der Waals surface area contributed by atoms with Crippen LogP contribution in [-0.4, -0.2) is 0 Å². The maximum absolute atomic E-state index is 2.38. The van der Waals surface area contributed by atoms with Gasteiger partial charge in [0.2, 0.25) is 0 Å². The summed E-state index contributed by atoms with van der Waals surface area (Å²) in [6.07, 6.45) is 22.3. The molecule has 0 atom stereocenters. The Morgan fingerprint density at radius 3 is 1.14 bits per heavy atom. The van der Waals surface area contributed by atoms with E-state index in [1.54, 1.807) is 0 Å². The topological polar surface area (TPSA) is 0 Å². The Labute approximate surface area is 135 Å². The molecule has 0 heteroatoms. The van der Waals surface area contributed by atoms with E-state index in [1.807, 2.05) is 0 Å². The molecule has 3 aliphatic carbocycles. The van der Waals surface area contributed by atoms with E-state index in [1.165, 1.54) is 96.3 Å². The zero-order valence-electron chi connectivity index (χ0n) is 15.3. The van der Waals surface area contributed by atoms with Gasteiger partial charge in [-0.1, -0.05) is 117 Å². The monoisotopic (exact) mass is 294 g/mol. The Hall–Kier alpha value is 0. The van der Waals surface area contributed by atoms with Crippen LogP contribution >= 0.6 is 0 Å². The molecule has 3 rings (SSSR count). The highest BCUT2D eigenvalue weighted by Gasteiger charge is 2.11. The normalized spacial score (nSPS) is 24.7. The van der Waals surface area contributed by atoms with Gasteiger partial charge in [-0.15, -0.1) is 0 Å². The number of rotatable bonds is 1. The summed E-state index contributed by atoms with van der Waals surface area (Å²) in [4.78, 5) is 0. The second-order valence-electron chi connectivity index (χ2n) is 8.05. The Bertz CT molecular complexity index is 200. The van der Waals surface area contributed by atoms with Gasteiger partial charge in [-0.05, 0) is 17.8 Å². The minimum absolute atomic E-state index is 1.03. The number of hydrogen-bond acceptors (Lipinski definition) is 0.